The van der Waals surface area contributed by atoms with Gasteiger partial charge in [0.25, 0.3) is 0 Å². The molecular weight excluding hydrogens is 291 g/mol. The fourth-order valence-electron chi connectivity index (χ4n) is 1.49. The quantitative estimate of drug-likeness (QED) is 0.680. The topological polar surface area (TPSA) is 26.3 Å². The summed E-state index contributed by atoms with van der Waals surface area (Å²) in [6.45, 7) is 5.47. The summed E-state index contributed by atoms with van der Waals surface area (Å²) in [4.78, 5) is 12.4. The van der Waals surface area contributed by atoms with Gasteiger partial charge in [0.15, 0.2) is 0 Å². The first-order valence-electron chi connectivity index (χ1n) is 5.39. The zero-order valence-corrected chi connectivity index (χ0v) is 12.5. The van der Waals surface area contributed by atoms with Crippen molar-refractivity contribution in [2.75, 3.05) is 0 Å². The molecule has 18 heavy (non-hydrogen) atoms. The highest BCUT2D eigenvalue weighted by Crippen LogP contribution is 2.37. The van der Waals surface area contributed by atoms with E-state index in [1.165, 1.54) is 11.3 Å². The molecule has 0 N–H and O–H groups in total. The first-order chi connectivity index (χ1) is 8.28. The van der Waals surface area contributed by atoms with Crippen molar-refractivity contribution in [3.05, 3.63) is 33.1 Å². The number of benzene rings is 1. The highest BCUT2D eigenvalue weighted by Gasteiger charge is 2.23. The van der Waals surface area contributed by atoms with Crippen molar-refractivity contribution in [1.29, 1.82) is 0 Å². The molecule has 0 spiro atoms. The Kier molecular flexibility index (Phi) is 3.58. The largest absolute Gasteiger partial charge is 0.456 e. The maximum absolute atomic E-state index is 12.0. The standard InChI is InChI=1S/C13H12Cl2O2S/c1-13(2,3)17-12(16)11-10(15)8-5-4-7(14)6-9(8)18-11/h4-6H,1-3H3. The second kappa shape index (κ2) is 4.72. The van der Waals surface area contributed by atoms with E-state index in [1.807, 2.05) is 26.8 Å². The Morgan fingerprint density at radius 1 is 1.28 bits per heavy atom. The molecule has 0 radical (unpaired) electrons. The number of esters is 1. The van der Waals surface area contributed by atoms with Gasteiger partial charge in [0.05, 0.1) is 5.02 Å². The van der Waals surface area contributed by atoms with Crippen LogP contribution in [0.5, 0.6) is 0 Å². The van der Waals surface area contributed by atoms with E-state index in [0.29, 0.717) is 14.9 Å². The Balaban J connectivity index is 2.46. The summed E-state index contributed by atoms with van der Waals surface area (Å²) in [5.41, 5.74) is -0.534. The number of hydrogen-bond donors (Lipinski definition) is 0. The van der Waals surface area contributed by atoms with Crippen LogP contribution in [0.4, 0.5) is 0 Å². The summed E-state index contributed by atoms with van der Waals surface area (Å²) in [6.07, 6.45) is 0. The molecule has 2 nitrogen and oxygen atoms in total. The van der Waals surface area contributed by atoms with Gasteiger partial charge in [0.1, 0.15) is 10.5 Å². The van der Waals surface area contributed by atoms with Gasteiger partial charge in [-0.05, 0) is 32.9 Å². The van der Waals surface area contributed by atoms with Gasteiger partial charge in [-0.1, -0.05) is 29.3 Å². The van der Waals surface area contributed by atoms with Crippen LogP contribution in [0.25, 0.3) is 10.1 Å². The van der Waals surface area contributed by atoms with Crippen LogP contribution in [0.15, 0.2) is 18.2 Å². The third-order valence-electron chi connectivity index (χ3n) is 2.18. The van der Waals surface area contributed by atoms with Crippen molar-refractivity contribution in [3.8, 4) is 0 Å². The van der Waals surface area contributed by atoms with Crippen molar-refractivity contribution in [1.82, 2.24) is 0 Å². The van der Waals surface area contributed by atoms with Crippen LogP contribution < -0.4 is 0 Å². The predicted molar refractivity (Wildman–Crippen MR) is 77.0 cm³/mol. The van der Waals surface area contributed by atoms with Crippen LogP contribution in [0.1, 0.15) is 30.4 Å². The zero-order valence-electron chi connectivity index (χ0n) is 10.2. The molecule has 0 saturated carbocycles. The van der Waals surface area contributed by atoms with Crippen molar-refractivity contribution in [2.45, 2.75) is 26.4 Å². The van der Waals surface area contributed by atoms with Gasteiger partial charge in [-0.25, -0.2) is 4.79 Å². The smallest absolute Gasteiger partial charge is 0.350 e. The fraction of sp³-hybridized carbons (Fsp3) is 0.308. The van der Waals surface area contributed by atoms with Gasteiger partial charge in [0.2, 0.25) is 0 Å². The molecule has 0 aliphatic heterocycles. The molecule has 1 aromatic carbocycles. The molecule has 0 unspecified atom stereocenters. The van der Waals surface area contributed by atoms with Crippen molar-refractivity contribution >= 4 is 50.6 Å². The average Bonchev–Trinajstić information content (AvgIpc) is 2.53. The van der Waals surface area contributed by atoms with Crippen molar-refractivity contribution in [3.63, 3.8) is 0 Å². The van der Waals surface area contributed by atoms with Gasteiger partial charge in [-0.15, -0.1) is 11.3 Å². The van der Waals surface area contributed by atoms with Crippen LogP contribution in [-0.4, -0.2) is 11.6 Å². The molecule has 1 aromatic heterocycles. The lowest BCUT2D eigenvalue weighted by atomic mass is 10.2. The molecule has 1 heterocycles. The second-order valence-corrected chi connectivity index (χ2v) is 6.75. The highest BCUT2D eigenvalue weighted by molar-refractivity contribution is 7.21. The van der Waals surface area contributed by atoms with E-state index >= 15 is 0 Å². The monoisotopic (exact) mass is 302 g/mol. The maximum Gasteiger partial charge on any atom is 0.350 e. The normalized spacial score (nSPS) is 11.8. The first-order valence-corrected chi connectivity index (χ1v) is 6.96. The predicted octanol–water partition coefficient (Wildman–Crippen LogP) is 5.16. The van der Waals surface area contributed by atoms with Crippen LogP contribution in [-0.2, 0) is 4.74 Å². The number of thiophene rings is 1. The minimum atomic E-state index is -0.534. The summed E-state index contributed by atoms with van der Waals surface area (Å²) in [5, 5.41) is 1.88. The summed E-state index contributed by atoms with van der Waals surface area (Å²) in [7, 11) is 0. The molecule has 0 aliphatic carbocycles. The number of halogens is 2. The zero-order chi connectivity index (χ0) is 13.5. The lowest BCUT2D eigenvalue weighted by molar-refractivity contribution is 0.00755. The molecule has 0 amide bonds. The molecule has 0 bridgehead atoms. The number of fused-ring (bicyclic) bond motifs is 1. The average molecular weight is 303 g/mol. The lowest BCUT2D eigenvalue weighted by Gasteiger charge is -2.18. The molecule has 0 atom stereocenters. The van der Waals surface area contributed by atoms with E-state index in [1.54, 1.807) is 12.1 Å². The molecule has 5 heteroatoms. The van der Waals surface area contributed by atoms with E-state index in [9.17, 15) is 4.79 Å². The second-order valence-electron chi connectivity index (χ2n) is 4.89. The molecule has 0 saturated heterocycles. The fourth-order valence-corrected chi connectivity index (χ4v) is 3.16. The summed E-state index contributed by atoms with van der Waals surface area (Å²) in [6, 6.07) is 5.35. The van der Waals surface area contributed by atoms with Crippen LogP contribution in [0.3, 0.4) is 0 Å². The van der Waals surface area contributed by atoms with Crippen molar-refractivity contribution < 1.29 is 9.53 Å². The Bertz CT molecular complexity index is 611. The minimum absolute atomic E-state index is 0.398. The van der Waals surface area contributed by atoms with E-state index in [-0.39, 0.29) is 0 Å². The Morgan fingerprint density at radius 2 is 1.94 bits per heavy atom. The summed E-state index contributed by atoms with van der Waals surface area (Å²) in [5.74, 6) is -0.398. The highest BCUT2D eigenvalue weighted by atomic mass is 35.5. The number of rotatable bonds is 1. The minimum Gasteiger partial charge on any atom is -0.456 e. The molecular formula is C13H12Cl2O2S. The van der Waals surface area contributed by atoms with Crippen LogP contribution in [0.2, 0.25) is 10.0 Å². The summed E-state index contributed by atoms with van der Waals surface area (Å²) < 4.78 is 6.20. The van der Waals surface area contributed by atoms with Gasteiger partial charge in [0, 0.05) is 15.1 Å². The van der Waals surface area contributed by atoms with Gasteiger partial charge in [-0.2, -0.15) is 0 Å². The Labute approximate surface area is 119 Å². The van der Waals surface area contributed by atoms with E-state index in [2.05, 4.69) is 0 Å². The van der Waals surface area contributed by atoms with Gasteiger partial charge in [-0.3, -0.25) is 0 Å². The third-order valence-corrected chi connectivity index (χ3v) is 4.05. The van der Waals surface area contributed by atoms with Crippen LogP contribution in [0, 0.1) is 0 Å². The van der Waals surface area contributed by atoms with Gasteiger partial charge < -0.3 is 4.74 Å². The van der Waals surface area contributed by atoms with Crippen LogP contribution >= 0.6 is 34.5 Å². The van der Waals surface area contributed by atoms with Gasteiger partial charge >= 0.3 is 5.97 Å². The molecule has 96 valence electrons. The molecule has 0 aliphatic rings. The Morgan fingerprint density at radius 3 is 2.56 bits per heavy atom. The number of ether oxygens (including phenoxy) is 1. The summed E-state index contributed by atoms with van der Waals surface area (Å²) >= 11 is 13.4. The van der Waals surface area contributed by atoms with E-state index in [0.717, 1.165) is 10.1 Å². The number of hydrogen-bond acceptors (Lipinski definition) is 3. The SMILES string of the molecule is CC(C)(C)OC(=O)c1sc2cc(Cl)ccc2c1Cl. The molecule has 2 aromatic rings. The van der Waals surface area contributed by atoms with E-state index in [4.69, 9.17) is 27.9 Å². The first kappa shape index (κ1) is 13.7. The number of carbonyl (C=O) groups is 1. The Hall–Kier alpha value is -0.770. The molecule has 2 rings (SSSR count). The lowest BCUT2D eigenvalue weighted by Crippen LogP contribution is -2.23. The third kappa shape index (κ3) is 2.79. The van der Waals surface area contributed by atoms with E-state index < -0.39 is 11.6 Å². The van der Waals surface area contributed by atoms with Crippen molar-refractivity contribution in [2.24, 2.45) is 0 Å². The maximum atomic E-state index is 12.0. The molecule has 0 fully saturated rings. The number of carbonyl (C=O) groups excluding carboxylic acids is 1.